The van der Waals surface area contributed by atoms with Crippen molar-refractivity contribution in [3.63, 3.8) is 0 Å². The molecule has 0 atom stereocenters. The van der Waals surface area contributed by atoms with Crippen molar-refractivity contribution in [2.24, 2.45) is 0 Å². The summed E-state index contributed by atoms with van der Waals surface area (Å²) in [5, 5.41) is 16.5. The molecule has 5 rings (SSSR count). The van der Waals surface area contributed by atoms with Crippen LogP contribution in [0, 0.1) is 6.92 Å². The number of nitrogens with one attached hydrogen (secondary N) is 2. The molecule has 0 aliphatic heterocycles. The molecule has 1 amide bonds. The van der Waals surface area contributed by atoms with Gasteiger partial charge in [0.15, 0.2) is 5.82 Å². The highest BCUT2D eigenvalue weighted by Crippen LogP contribution is 2.29. The topological polar surface area (TPSA) is 115 Å². The third-order valence-corrected chi connectivity index (χ3v) is 5.27. The average molecular weight is 411 g/mol. The van der Waals surface area contributed by atoms with Crippen molar-refractivity contribution in [2.45, 2.75) is 13.5 Å². The van der Waals surface area contributed by atoms with E-state index in [0.29, 0.717) is 30.0 Å². The lowest BCUT2D eigenvalue weighted by molar-refractivity contribution is 0.0952. The lowest BCUT2D eigenvalue weighted by atomic mass is 10.1. The number of nitrogens with zero attached hydrogens (tertiary/aromatic N) is 4. The van der Waals surface area contributed by atoms with Gasteiger partial charge in [0.1, 0.15) is 5.52 Å². The molecule has 154 valence electrons. The minimum absolute atomic E-state index is 0.103. The Bertz CT molecular complexity index is 1390. The van der Waals surface area contributed by atoms with E-state index >= 15 is 0 Å². The second-order valence-corrected chi connectivity index (χ2v) is 7.46. The maximum Gasteiger partial charge on any atom is 0.251 e. The van der Waals surface area contributed by atoms with E-state index < -0.39 is 0 Å². The SMILES string of the molecule is Cc1ccc(C(=O)NCCn2cc3c(n2)c(N)nc2cc(-c4cc[nH]n4)ccc23)cc1. The van der Waals surface area contributed by atoms with Crippen LogP contribution in [0.3, 0.4) is 0 Å². The fraction of sp³-hybridized carbons (Fsp3) is 0.130. The van der Waals surface area contributed by atoms with Crippen molar-refractivity contribution < 1.29 is 4.79 Å². The molecular weight excluding hydrogens is 390 g/mol. The number of hydrogen-bond donors (Lipinski definition) is 3. The Morgan fingerprint density at radius 3 is 2.74 bits per heavy atom. The second-order valence-electron chi connectivity index (χ2n) is 7.46. The first kappa shape index (κ1) is 18.8. The number of nitrogens with two attached hydrogens (primary N) is 1. The second kappa shape index (κ2) is 7.56. The third-order valence-electron chi connectivity index (χ3n) is 5.27. The van der Waals surface area contributed by atoms with E-state index in [1.807, 2.05) is 61.7 Å². The number of fused-ring (bicyclic) bond motifs is 3. The van der Waals surface area contributed by atoms with Crippen LogP contribution >= 0.6 is 0 Å². The maximum absolute atomic E-state index is 12.3. The summed E-state index contributed by atoms with van der Waals surface area (Å²) in [6.45, 7) is 2.97. The van der Waals surface area contributed by atoms with Crippen LogP contribution in [0.2, 0.25) is 0 Å². The van der Waals surface area contributed by atoms with Crippen molar-refractivity contribution in [3.05, 3.63) is 72.1 Å². The zero-order chi connectivity index (χ0) is 21.4. The van der Waals surface area contributed by atoms with Crippen molar-refractivity contribution in [1.29, 1.82) is 0 Å². The van der Waals surface area contributed by atoms with Crippen LogP contribution in [-0.4, -0.2) is 37.4 Å². The standard InChI is InChI=1S/C23H21N7O/c1-14-2-4-15(5-3-14)23(31)25-10-11-30-13-18-17-7-6-16(19-8-9-26-28-19)12-20(17)27-22(24)21(18)29-30/h2-9,12-13H,10-11H2,1H3,(H2,24,27)(H,25,31)(H,26,28). The number of aryl methyl sites for hydroxylation is 1. The number of H-pyrrole nitrogens is 1. The predicted octanol–water partition coefficient (Wildman–Crippen LogP) is 3.30. The van der Waals surface area contributed by atoms with Gasteiger partial charge in [-0.05, 0) is 31.2 Å². The lowest BCUT2D eigenvalue weighted by Crippen LogP contribution is -2.27. The Balaban J connectivity index is 1.37. The van der Waals surface area contributed by atoms with Gasteiger partial charge in [0.25, 0.3) is 5.91 Å². The van der Waals surface area contributed by atoms with Gasteiger partial charge < -0.3 is 11.1 Å². The fourth-order valence-electron chi connectivity index (χ4n) is 3.63. The summed E-state index contributed by atoms with van der Waals surface area (Å²) in [4.78, 5) is 16.8. The van der Waals surface area contributed by atoms with Gasteiger partial charge in [-0.2, -0.15) is 10.2 Å². The Labute approximate surface area is 178 Å². The van der Waals surface area contributed by atoms with Gasteiger partial charge in [-0.25, -0.2) is 4.98 Å². The number of pyridine rings is 1. The van der Waals surface area contributed by atoms with E-state index in [1.54, 1.807) is 10.9 Å². The van der Waals surface area contributed by atoms with Gasteiger partial charge in [-0.15, -0.1) is 0 Å². The number of benzene rings is 2. The number of nitrogen functional groups attached to an aromatic ring is 1. The van der Waals surface area contributed by atoms with Gasteiger partial charge in [-0.1, -0.05) is 29.8 Å². The van der Waals surface area contributed by atoms with Gasteiger partial charge >= 0.3 is 0 Å². The number of anilines is 1. The molecule has 0 fully saturated rings. The maximum atomic E-state index is 12.3. The number of amides is 1. The van der Waals surface area contributed by atoms with Crippen molar-refractivity contribution in [2.75, 3.05) is 12.3 Å². The Morgan fingerprint density at radius 2 is 1.97 bits per heavy atom. The Hall–Kier alpha value is -4.20. The predicted molar refractivity (Wildman–Crippen MR) is 121 cm³/mol. The highest BCUT2D eigenvalue weighted by atomic mass is 16.1. The van der Waals surface area contributed by atoms with Crippen LogP contribution in [0.5, 0.6) is 0 Å². The van der Waals surface area contributed by atoms with Crippen molar-refractivity contribution in [1.82, 2.24) is 30.3 Å². The quantitative estimate of drug-likeness (QED) is 0.411. The zero-order valence-electron chi connectivity index (χ0n) is 17.0. The molecule has 0 saturated heterocycles. The molecule has 8 heteroatoms. The number of hydrogen-bond acceptors (Lipinski definition) is 5. The Kier molecular flexibility index (Phi) is 4.59. The van der Waals surface area contributed by atoms with E-state index in [1.165, 1.54) is 0 Å². The van der Waals surface area contributed by atoms with E-state index in [2.05, 4.69) is 25.6 Å². The van der Waals surface area contributed by atoms with Gasteiger partial charge in [-0.3, -0.25) is 14.6 Å². The van der Waals surface area contributed by atoms with Crippen LogP contribution in [0.1, 0.15) is 15.9 Å². The molecule has 0 radical (unpaired) electrons. The summed E-state index contributed by atoms with van der Waals surface area (Å²) >= 11 is 0. The molecule has 8 nitrogen and oxygen atoms in total. The first-order valence-corrected chi connectivity index (χ1v) is 10.00. The van der Waals surface area contributed by atoms with Crippen molar-refractivity contribution in [3.8, 4) is 11.3 Å². The van der Waals surface area contributed by atoms with Crippen LogP contribution < -0.4 is 11.1 Å². The summed E-state index contributed by atoms with van der Waals surface area (Å²) in [7, 11) is 0. The van der Waals surface area contributed by atoms with Gasteiger partial charge in [0.05, 0.1) is 17.8 Å². The molecule has 0 unspecified atom stereocenters. The normalized spacial score (nSPS) is 11.3. The number of rotatable bonds is 5. The molecule has 0 aliphatic rings. The van der Waals surface area contributed by atoms with Crippen LogP contribution in [-0.2, 0) is 6.54 Å². The van der Waals surface area contributed by atoms with Crippen LogP contribution in [0.4, 0.5) is 5.82 Å². The van der Waals surface area contributed by atoms with Gasteiger partial charge in [0, 0.05) is 40.8 Å². The summed E-state index contributed by atoms with van der Waals surface area (Å²) in [5.41, 5.74) is 11.2. The number of carbonyl (C=O) groups is 1. The molecule has 0 spiro atoms. The molecule has 3 heterocycles. The molecule has 0 bridgehead atoms. The van der Waals surface area contributed by atoms with Crippen LogP contribution in [0.25, 0.3) is 33.1 Å². The molecule has 4 N–H and O–H groups in total. The summed E-state index contributed by atoms with van der Waals surface area (Å²) in [5.74, 6) is 0.276. The van der Waals surface area contributed by atoms with E-state index in [9.17, 15) is 4.79 Å². The average Bonchev–Trinajstić information content (AvgIpc) is 3.44. The summed E-state index contributed by atoms with van der Waals surface area (Å²) in [6, 6.07) is 15.4. The summed E-state index contributed by atoms with van der Waals surface area (Å²) in [6.07, 6.45) is 3.73. The smallest absolute Gasteiger partial charge is 0.251 e. The number of aromatic nitrogens is 5. The zero-order valence-corrected chi connectivity index (χ0v) is 17.0. The fourth-order valence-corrected chi connectivity index (χ4v) is 3.63. The first-order chi connectivity index (χ1) is 15.1. The van der Waals surface area contributed by atoms with Crippen LogP contribution in [0.15, 0.2) is 60.9 Å². The molecule has 0 saturated carbocycles. The highest BCUT2D eigenvalue weighted by Gasteiger charge is 2.12. The minimum atomic E-state index is -0.103. The number of aromatic amines is 1. The molecular formula is C23H21N7O. The lowest BCUT2D eigenvalue weighted by Gasteiger charge is -2.05. The molecule has 5 aromatic rings. The molecule has 2 aromatic carbocycles. The molecule has 3 aromatic heterocycles. The molecule has 0 aliphatic carbocycles. The molecule has 31 heavy (non-hydrogen) atoms. The van der Waals surface area contributed by atoms with E-state index in [-0.39, 0.29) is 5.91 Å². The monoisotopic (exact) mass is 411 g/mol. The van der Waals surface area contributed by atoms with E-state index in [4.69, 9.17) is 5.73 Å². The largest absolute Gasteiger partial charge is 0.382 e. The first-order valence-electron chi connectivity index (χ1n) is 10.00. The number of carbonyl (C=O) groups excluding carboxylic acids is 1. The summed E-state index contributed by atoms with van der Waals surface area (Å²) < 4.78 is 1.79. The van der Waals surface area contributed by atoms with Crippen molar-refractivity contribution >= 4 is 33.5 Å². The van der Waals surface area contributed by atoms with E-state index in [0.717, 1.165) is 33.1 Å². The minimum Gasteiger partial charge on any atom is -0.382 e. The third kappa shape index (κ3) is 3.59. The van der Waals surface area contributed by atoms with Gasteiger partial charge in [0.2, 0.25) is 0 Å². The highest BCUT2D eigenvalue weighted by molar-refractivity contribution is 6.08. The Morgan fingerprint density at radius 1 is 1.13 bits per heavy atom.